The Morgan fingerprint density at radius 1 is 1.19 bits per heavy atom. The van der Waals surface area contributed by atoms with E-state index in [0.717, 1.165) is 42.9 Å². The van der Waals surface area contributed by atoms with Crippen molar-refractivity contribution in [3.05, 3.63) is 59.7 Å². The van der Waals surface area contributed by atoms with Gasteiger partial charge in [0.25, 0.3) is 5.91 Å². The molecular formula is C22H26N2O3. The Morgan fingerprint density at radius 3 is 2.81 bits per heavy atom. The molecule has 2 heterocycles. The van der Waals surface area contributed by atoms with Gasteiger partial charge in [0.1, 0.15) is 11.9 Å². The van der Waals surface area contributed by atoms with Crippen molar-refractivity contribution in [1.29, 1.82) is 0 Å². The van der Waals surface area contributed by atoms with E-state index in [1.165, 1.54) is 0 Å². The number of hydrogen-bond donors (Lipinski definition) is 1. The van der Waals surface area contributed by atoms with Gasteiger partial charge in [-0.3, -0.25) is 4.79 Å². The van der Waals surface area contributed by atoms with Gasteiger partial charge in [0.05, 0.1) is 18.3 Å². The number of nitrogens with one attached hydrogen (secondary N) is 1. The average Bonchev–Trinajstić information content (AvgIpc) is 3.22. The van der Waals surface area contributed by atoms with Crippen LogP contribution in [0.25, 0.3) is 0 Å². The number of carbonyl (C=O) groups excluding carboxylic acids is 1. The Bertz CT molecular complexity index is 802. The summed E-state index contributed by atoms with van der Waals surface area (Å²) in [6.07, 6.45) is 2.80. The second kappa shape index (κ2) is 8.01. The number of nitrogens with zero attached hydrogens (tertiary/aromatic N) is 1. The van der Waals surface area contributed by atoms with Gasteiger partial charge in [-0.05, 0) is 37.5 Å². The molecule has 27 heavy (non-hydrogen) atoms. The number of hydrogen-bond acceptors (Lipinski definition) is 4. The molecule has 4 rings (SSSR count). The zero-order chi connectivity index (χ0) is 18.6. The zero-order valence-corrected chi connectivity index (χ0v) is 15.7. The summed E-state index contributed by atoms with van der Waals surface area (Å²) in [6.45, 7) is 4.09. The van der Waals surface area contributed by atoms with Crippen LogP contribution in [0.3, 0.4) is 0 Å². The van der Waals surface area contributed by atoms with Crippen molar-refractivity contribution in [2.75, 3.05) is 25.1 Å². The normalized spacial score (nSPS) is 21.7. The number of benzene rings is 2. The number of ether oxygens (including phenoxy) is 2. The van der Waals surface area contributed by atoms with Crippen LogP contribution in [0.15, 0.2) is 48.5 Å². The quantitative estimate of drug-likeness (QED) is 0.832. The van der Waals surface area contributed by atoms with Crippen LogP contribution in [0.1, 0.15) is 48.3 Å². The molecule has 1 amide bonds. The van der Waals surface area contributed by atoms with Crippen molar-refractivity contribution < 1.29 is 14.3 Å². The average molecular weight is 366 g/mol. The lowest BCUT2D eigenvalue weighted by atomic mass is 10.0. The summed E-state index contributed by atoms with van der Waals surface area (Å²) in [7, 11) is 0. The number of rotatable bonds is 6. The first-order chi connectivity index (χ1) is 13.3. The third-order valence-corrected chi connectivity index (χ3v) is 5.12. The van der Waals surface area contributed by atoms with Gasteiger partial charge in [0.15, 0.2) is 0 Å². The molecule has 2 unspecified atom stereocenters. The zero-order valence-electron chi connectivity index (χ0n) is 15.7. The fraction of sp³-hybridized carbons (Fsp3) is 0.409. The minimum absolute atomic E-state index is 0.0372. The molecule has 5 heteroatoms. The Hall–Kier alpha value is -2.53. The van der Waals surface area contributed by atoms with E-state index in [1.54, 1.807) is 0 Å². The van der Waals surface area contributed by atoms with E-state index in [9.17, 15) is 4.79 Å². The summed E-state index contributed by atoms with van der Waals surface area (Å²) in [5.41, 5.74) is 2.55. The fourth-order valence-electron chi connectivity index (χ4n) is 3.78. The van der Waals surface area contributed by atoms with E-state index in [0.29, 0.717) is 18.7 Å². The molecule has 0 bridgehead atoms. The molecule has 0 radical (unpaired) electrons. The molecule has 142 valence electrons. The smallest absolute Gasteiger partial charge is 0.257 e. The highest BCUT2D eigenvalue weighted by Gasteiger charge is 2.36. The minimum atomic E-state index is -0.273. The lowest BCUT2D eigenvalue weighted by Crippen LogP contribution is -2.46. The molecule has 0 aliphatic carbocycles. The maximum absolute atomic E-state index is 13.3. The van der Waals surface area contributed by atoms with Crippen molar-refractivity contribution >= 4 is 11.6 Å². The van der Waals surface area contributed by atoms with Crippen molar-refractivity contribution in [3.8, 4) is 5.75 Å². The predicted octanol–water partition coefficient (Wildman–Crippen LogP) is 4.22. The van der Waals surface area contributed by atoms with Crippen LogP contribution in [-0.4, -0.2) is 36.7 Å². The Kier molecular flexibility index (Phi) is 5.30. The Balaban J connectivity index is 1.71. The van der Waals surface area contributed by atoms with E-state index < -0.39 is 0 Å². The topological polar surface area (TPSA) is 50.8 Å². The van der Waals surface area contributed by atoms with Gasteiger partial charge < -0.3 is 19.7 Å². The third-order valence-electron chi connectivity index (χ3n) is 5.12. The summed E-state index contributed by atoms with van der Waals surface area (Å²) in [4.78, 5) is 15.2. The fourth-order valence-corrected chi connectivity index (χ4v) is 3.78. The van der Waals surface area contributed by atoms with Crippen LogP contribution in [-0.2, 0) is 4.74 Å². The van der Waals surface area contributed by atoms with Crippen LogP contribution in [0.2, 0.25) is 0 Å². The van der Waals surface area contributed by atoms with Gasteiger partial charge in [-0.15, -0.1) is 0 Å². The molecule has 0 spiro atoms. The van der Waals surface area contributed by atoms with Crippen molar-refractivity contribution in [1.82, 2.24) is 4.90 Å². The largest absolute Gasteiger partial charge is 0.493 e. The van der Waals surface area contributed by atoms with E-state index in [2.05, 4.69) is 12.2 Å². The second-order valence-corrected chi connectivity index (χ2v) is 7.07. The van der Waals surface area contributed by atoms with Crippen molar-refractivity contribution in [3.63, 3.8) is 0 Å². The van der Waals surface area contributed by atoms with Gasteiger partial charge >= 0.3 is 0 Å². The number of fused-ring (bicyclic) bond motifs is 1. The van der Waals surface area contributed by atoms with Crippen LogP contribution in [0.4, 0.5) is 5.69 Å². The van der Waals surface area contributed by atoms with Crippen molar-refractivity contribution in [2.45, 2.75) is 38.5 Å². The first-order valence-corrected chi connectivity index (χ1v) is 9.77. The highest BCUT2D eigenvalue weighted by molar-refractivity contribution is 6.01. The summed E-state index contributed by atoms with van der Waals surface area (Å²) in [6, 6.07) is 15.7. The molecule has 1 fully saturated rings. The summed E-state index contributed by atoms with van der Waals surface area (Å²) in [5.74, 6) is 0.858. The number of carbonyl (C=O) groups is 1. The maximum Gasteiger partial charge on any atom is 0.257 e. The van der Waals surface area contributed by atoms with E-state index in [1.807, 2.05) is 53.4 Å². The highest BCUT2D eigenvalue weighted by atomic mass is 16.5. The van der Waals surface area contributed by atoms with Crippen LogP contribution in [0, 0.1) is 0 Å². The van der Waals surface area contributed by atoms with Gasteiger partial charge in [-0.2, -0.15) is 0 Å². The Labute approximate surface area is 160 Å². The first kappa shape index (κ1) is 17.9. The van der Waals surface area contributed by atoms with E-state index in [-0.39, 0.29) is 18.2 Å². The minimum Gasteiger partial charge on any atom is -0.493 e. The SMILES string of the molecule is CCCOc1ccccc1C1Nc2ccccc2C(=O)N1CC1CCCO1. The Morgan fingerprint density at radius 2 is 2.00 bits per heavy atom. The first-order valence-electron chi connectivity index (χ1n) is 9.77. The summed E-state index contributed by atoms with van der Waals surface area (Å²) < 4.78 is 11.8. The van der Waals surface area contributed by atoms with Crippen molar-refractivity contribution in [2.24, 2.45) is 0 Å². The van der Waals surface area contributed by atoms with Crippen LogP contribution < -0.4 is 10.1 Å². The van der Waals surface area contributed by atoms with E-state index >= 15 is 0 Å². The monoisotopic (exact) mass is 366 g/mol. The molecule has 2 aliphatic heterocycles. The van der Waals surface area contributed by atoms with Crippen LogP contribution >= 0.6 is 0 Å². The van der Waals surface area contributed by atoms with E-state index in [4.69, 9.17) is 9.47 Å². The molecule has 2 aromatic rings. The number of anilines is 1. The van der Waals surface area contributed by atoms with Gasteiger partial charge in [0, 0.05) is 24.4 Å². The molecule has 0 saturated carbocycles. The molecule has 5 nitrogen and oxygen atoms in total. The van der Waals surface area contributed by atoms with Gasteiger partial charge in [-0.1, -0.05) is 37.3 Å². The molecule has 2 aromatic carbocycles. The lowest BCUT2D eigenvalue weighted by Gasteiger charge is -2.39. The summed E-state index contributed by atoms with van der Waals surface area (Å²) in [5, 5.41) is 3.55. The number of amides is 1. The maximum atomic E-state index is 13.3. The molecule has 2 aliphatic rings. The predicted molar refractivity (Wildman–Crippen MR) is 105 cm³/mol. The van der Waals surface area contributed by atoms with Crippen LogP contribution in [0.5, 0.6) is 5.75 Å². The number of para-hydroxylation sites is 2. The standard InChI is InChI=1S/C22H26N2O3/c1-2-13-27-20-12-6-4-10-18(20)21-23-19-11-5-3-9-17(19)22(25)24(21)15-16-8-7-14-26-16/h3-6,9-12,16,21,23H,2,7-8,13-15H2,1H3. The molecule has 0 aromatic heterocycles. The molecule has 1 saturated heterocycles. The van der Waals surface area contributed by atoms with Gasteiger partial charge in [0.2, 0.25) is 0 Å². The molecule has 2 atom stereocenters. The summed E-state index contributed by atoms with van der Waals surface area (Å²) >= 11 is 0. The highest BCUT2D eigenvalue weighted by Crippen LogP contribution is 2.37. The molecular weight excluding hydrogens is 340 g/mol. The van der Waals surface area contributed by atoms with Gasteiger partial charge in [-0.25, -0.2) is 0 Å². The second-order valence-electron chi connectivity index (χ2n) is 7.07. The third kappa shape index (κ3) is 3.65. The lowest BCUT2D eigenvalue weighted by molar-refractivity contribution is 0.0424. The molecule has 1 N–H and O–H groups in total.